The molecule has 11 heteroatoms. The largest absolute Gasteiger partial charge is 0.379 e. The molecular formula is C17H22N4O5S2. The molecule has 0 spiro atoms. The molecule has 0 unspecified atom stereocenters. The summed E-state index contributed by atoms with van der Waals surface area (Å²) < 4.78 is 32.9. The van der Waals surface area contributed by atoms with Crippen molar-refractivity contribution in [2.24, 2.45) is 0 Å². The first-order chi connectivity index (χ1) is 13.3. The number of aryl methyl sites for hydroxylation is 1. The molecule has 3 rings (SSSR count). The third kappa shape index (κ3) is 4.32. The maximum absolute atomic E-state index is 13.2. The number of non-ortho nitro benzene ring substituents is 1. The van der Waals surface area contributed by atoms with Gasteiger partial charge in [-0.1, -0.05) is 6.92 Å². The molecular weight excluding hydrogens is 404 g/mol. The van der Waals surface area contributed by atoms with Gasteiger partial charge in [-0.15, -0.1) is 11.3 Å². The van der Waals surface area contributed by atoms with Gasteiger partial charge in [0.1, 0.15) is 4.90 Å². The van der Waals surface area contributed by atoms with Crippen LogP contribution in [0.5, 0.6) is 0 Å². The fourth-order valence-corrected chi connectivity index (χ4v) is 5.38. The van der Waals surface area contributed by atoms with Crippen molar-refractivity contribution in [1.29, 1.82) is 0 Å². The molecule has 0 bridgehead atoms. The molecule has 2 heterocycles. The van der Waals surface area contributed by atoms with E-state index >= 15 is 0 Å². The minimum atomic E-state index is -3.90. The molecule has 1 aromatic heterocycles. The number of aromatic nitrogens is 1. The molecule has 1 aliphatic heterocycles. The highest BCUT2D eigenvalue weighted by atomic mass is 32.2. The molecule has 1 saturated heterocycles. The Hall–Kier alpha value is -2.08. The molecule has 0 saturated carbocycles. The lowest BCUT2D eigenvalue weighted by Gasteiger charge is -2.28. The van der Waals surface area contributed by atoms with Gasteiger partial charge < -0.3 is 9.64 Å². The zero-order valence-electron chi connectivity index (χ0n) is 15.7. The lowest BCUT2D eigenvalue weighted by molar-refractivity contribution is -0.385. The highest BCUT2D eigenvalue weighted by Gasteiger charge is 2.31. The number of benzene rings is 1. The lowest BCUT2D eigenvalue weighted by Crippen LogP contribution is -2.41. The fraction of sp³-hybridized carbons (Fsp3) is 0.471. The Morgan fingerprint density at radius 1 is 1.36 bits per heavy atom. The normalized spacial score (nSPS) is 15.5. The fourth-order valence-electron chi connectivity index (χ4n) is 2.98. The Bertz CT molecular complexity index is 954. The number of nitrogens with zero attached hydrogens (tertiary/aromatic N) is 4. The van der Waals surface area contributed by atoms with Crippen LogP contribution >= 0.6 is 11.3 Å². The van der Waals surface area contributed by atoms with E-state index in [9.17, 15) is 18.5 Å². The summed E-state index contributed by atoms with van der Waals surface area (Å²) >= 11 is 1.56. The van der Waals surface area contributed by atoms with E-state index in [1.54, 1.807) is 23.3 Å². The summed E-state index contributed by atoms with van der Waals surface area (Å²) in [5.41, 5.74) is 0.978. The van der Waals surface area contributed by atoms with Crippen molar-refractivity contribution in [1.82, 2.24) is 9.29 Å². The highest BCUT2D eigenvalue weighted by molar-refractivity contribution is 7.89. The van der Waals surface area contributed by atoms with Gasteiger partial charge in [0.15, 0.2) is 0 Å². The summed E-state index contributed by atoms with van der Waals surface area (Å²) in [6, 6.07) is 3.94. The number of nitro benzene ring substituents is 1. The van der Waals surface area contributed by atoms with Gasteiger partial charge in [0.2, 0.25) is 10.0 Å². The molecule has 0 atom stereocenters. The number of hydrogen-bond acceptors (Lipinski definition) is 8. The molecule has 0 aliphatic carbocycles. The van der Waals surface area contributed by atoms with Crippen LogP contribution in [0.2, 0.25) is 0 Å². The predicted molar refractivity (Wildman–Crippen MR) is 106 cm³/mol. The van der Waals surface area contributed by atoms with Gasteiger partial charge in [0, 0.05) is 37.6 Å². The third-order valence-electron chi connectivity index (χ3n) is 4.45. The lowest BCUT2D eigenvalue weighted by atomic mass is 10.2. The summed E-state index contributed by atoms with van der Waals surface area (Å²) in [5, 5.41) is 14.2. The van der Waals surface area contributed by atoms with E-state index in [2.05, 4.69) is 4.98 Å². The topological polar surface area (TPSA) is 106 Å². The van der Waals surface area contributed by atoms with Crippen molar-refractivity contribution in [3.8, 4) is 0 Å². The summed E-state index contributed by atoms with van der Waals surface area (Å²) in [7, 11) is -2.14. The van der Waals surface area contributed by atoms with Crippen molar-refractivity contribution >= 4 is 32.7 Å². The van der Waals surface area contributed by atoms with Crippen LogP contribution in [-0.2, 0) is 27.7 Å². The van der Waals surface area contributed by atoms with Crippen LogP contribution in [0.3, 0.4) is 0 Å². The first kappa shape index (κ1) is 20.6. The average Bonchev–Trinajstić information content (AvgIpc) is 3.15. The van der Waals surface area contributed by atoms with E-state index in [0.29, 0.717) is 25.4 Å². The summed E-state index contributed by atoms with van der Waals surface area (Å²) in [6.07, 6.45) is 0.836. The van der Waals surface area contributed by atoms with Crippen LogP contribution in [0.15, 0.2) is 28.5 Å². The Morgan fingerprint density at radius 3 is 2.68 bits per heavy atom. The van der Waals surface area contributed by atoms with E-state index in [-0.39, 0.29) is 23.7 Å². The van der Waals surface area contributed by atoms with Gasteiger partial charge in [-0.2, -0.15) is 4.31 Å². The number of anilines is 1. The van der Waals surface area contributed by atoms with Crippen LogP contribution in [0, 0.1) is 10.1 Å². The van der Waals surface area contributed by atoms with Crippen LogP contribution < -0.4 is 4.90 Å². The van der Waals surface area contributed by atoms with E-state index in [4.69, 9.17) is 4.74 Å². The minimum Gasteiger partial charge on any atom is -0.379 e. The van der Waals surface area contributed by atoms with Crippen LogP contribution in [0.4, 0.5) is 11.4 Å². The van der Waals surface area contributed by atoms with Gasteiger partial charge >= 0.3 is 0 Å². The van der Waals surface area contributed by atoms with E-state index < -0.39 is 14.9 Å². The summed E-state index contributed by atoms with van der Waals surface area (Å²) in [5.74, 6) is 0. The first-order valence-corrected chi connectivity index (χ1v) is 11.2. The highest BCUT2D eigenvalue weighted by Crippen LogP contribution is 2.32. The molecule has 9 nitrogen and oxygen atoms in total. The van der Waals surface area contributed by atoms with Crippen LogP contribution in [0.1, 0.15) is 17.6 Å². The zero-order chi connectivity index (χ0) is 20.3. The Morgan fingerprint density at radius 2 is 2.07 bits per heavy atom. The van der Waals surface area contributed by atoms with Crippen LogP contribution in [-0.4, -0.2) is 56.0 Å². The van der Waals surface area contributed by atoms with Gasteiger partial charge in [0.25, 0.3) is 5.69 Å². The number of thiazole rings is 1. The Balaban J connectivity index is 1.98. The zero-order valence-corrected chi connectivity index (χ0v) is 17.3. The minimum absolute atomic E-state index is 0.0722. The molecule has 1 fully saturated rings. The molecule has 28 heavy (non-hydrogen) atoms. The van der Waals surface area contributed by atoms with Crippen molar-refractivity contribution in [3.05, 3.63) is 44.4 Å². The molecule has 0 amide bonds. The molecule has 152 valence electrons. The standard InChI is InChI=1S/C17H22N4O5S2/c1-3-17-18-13(12-27-17)11-19(2)15-5-4-14(21(22)23)10-16(15)28(24,25)20-6-8-26-9-7-20/h4-5,10,12H,3,6-9,11H2,1-2H3. The quantitative estimate of drug-likeness (QED) is 0.494. The van der Waals surface area contributed by atoms with Crippen molar-refractivity contribution < 1.29 is 18.1 Å². The number of morpholine rings is 1. The molecule has 0 N–H and O–H groups in total. The smallest absolute Gasteiger partial charge is 0.270 e. The third-order valence-corrected chi connectivity index (χ3v) is 7.42. The van der Waals surface area contributed by atoms with Gasteiger partial charge in [-0.05, 0) is 12.5 Å². The summed E-state index contributed by atoms with van der Waals surface area (Å²) in [4.78, 5) is 16.8. The van der Waals surface area contributed by atoms with Crippen molar-refractivity contribution in [2.45, 2.75) is 24.8 Å². The first-order valence-electron chi connectivity index (χ1n) is 8.83. The van der Waals surface area contributed by atoms with Gasteiger partial charge in [-0.25, -0.2) is 13.4 Å². The van der Waals surface area contributed by atoms with Crippen molar-refractivity contribution in [2.75, 3.05) is 38.3 Å². The monoisotopic (exact) mass is 426 g/mol. The predicted octanol–water partition coefficient (Wildman–Crippen LogP) is 2.27. The molecule has 1 aromatic carbocycles. The molecule has 0 radical (unpaired) electrons. The van der Waals surface area contributed by atoms with E-state index in [1.165, 1.54) is 16.4 Å². The van der Waals surface area contributed by atoms with Gasteiger partial charge in [0.05, 0.1) is 41.1 Å². The number of rotatable bonds is 7. The second-order valence-corrected chi connectivity index (χ2v) is 9.22. The Labute approximate surface area is 167 Å². The van der Waals surface area contributed by atoms with Crippen LogP contribution in [0.25, 0.3) is 0 Å². The molecule has 1 aliphatic rings. The second kappa shape index (κ2) is 8.52. The Kier molecular flexibility index (Phi) is 6.28. The van der Waals surface area contributed by atoms with E-state index in [0.717, 1.165) is 23.2 Å². The number of sulfonamides is 1. The maximum atomic E-state index is 13.2. The number of ether oxygens (including phenoxy) is 1. The van der Waals surface area contributed by atoms with Crippen molar-refractivity contribution in [3.63, 3.8) is 0 Å². The average molecular weight is 427 g/mol. The SMILES string of the molecule is CCc1nc(CN(C)c2ccc([N+](=O)[O-])cc2S(=O)(=O)N2CCOCC2)cs1. The summed E-state index contributed by atoms with van der Waals surface area (Å²) in [6.45, 7) is 3.48. The number of hydrogen-bond donors (Lipinski definition) is 0. The van der Waals surface area contributed by atoms with Gasteiger partial charge in [-0.3, -0.25) is 10.1 Å². The second-order valence-electron chi connectivity index (χ2n) is 6.37. The van der Waals surface area contributed by atoms with E-state index in [1.807, 2.05) is 12.3 Å². The number of nitro groups is 1. The maximum Gasteiger partial charge on any atom is 0.270 e. The molecule has 2 aromatic rings.